The summed E-state index contributed by atoms with van der Waals surface area (Å²) in [5.41, 5.74) is 0.764. The molecule has 0 radical (unpaired) electrons. The van der Waals surface area contributed by atoms with E-state index in [2.05, 4.69) is 12.2 Å². The number of carboxylic acids is 1. The van der Waals surface area contributed by atoms with Crippen molar-refractivity contribution in [3.8, 4) is 5.75 Å². The van der Waals surface area contributed by atoms with Gasteiger partial charge in [0.1, 0.15) is 11.3 Å². The Morgan fingerprint density at radius 3 is 2.76 bits per heavy atom. The van der Waals surface area contributed by atoms with Gasteiger partial charge in [0.25, 0.3) is 0 Å². The van der Waals surface area contributed by atoms with E-state index in [1.54, 1.807) is 6.07 Å². The van der Waals surface area contributed by atoms with Crippen molar-refractivity contribution in [2.75, 3.05) is 19.0 Å². The molecule has 0 atom stereocenters. The molecule has 0 aliphatic carbocycles. The number of anilines is 1. The van der Waals surface area contributed by atoms with Crippen LogP contribution in [-0.2, 0) is 0 Å². The zero-order valence-electron chi connectivity index (χ0n) is 9.92. The molecule has 1 rings (SSSR count). The monoisotopic (exact) mass is 257 g/mol. The van der Waals surface area contributed by atoms with Gasteiger partial charge < -0.3 is 15.2 Å². The Labute approximate surface area is 106 Å². The predicted octanol–water partition coefficient (Wildman–Crippen LogP) is 3.26. The third-order valence-electron chi connectivity index (χ3n) is 2.37. The molecule has 2 N–H and O–H groups in total. The van der Waals surface area contributed by atoms with Gasteiger partial charge in [0.2, 0.25) is 0 Å². The van der Waals surface area contributed by atoms with Crippen LogP contribution in [0.4, 0.5) is 5.69 Å². The summed E-state index contributed by atoms with van der Waals surface area (Å²) in [6, 6.07) is 3.01. The Morgan fingerprint density at radius 2 is 2.24 bits per heavy atom. The number of hydrogen-bond donors (Lipinski definition) is 2. The van der Waals surface area contributed by atoms with Crippen LogP contribution >= 0.6 is 11.6 Å². The maximum atomic E-state index is 10.9. The first-order valence-corrected chi connectivity index (χ1v) is 5.82. The van der Waals surface area contributed by atoms with E-state index in [-0.39, 0.29) is 5.56 Å². The van der Waals surface area contributed by atoms with Gasteiger partial charge in [-0.25, -0.2) is 4.79 Å². The standard InChI is InChI=1S/C12H16ClNO3/c1-3-4-5-14-10-7-11(17-2)8(12(15)16)6-9(10)13/h6-7,14H,3-5H2,1-2H3,(H,15,16). The molecule has 0 fully saturated rings. The number of methoxy groups -OCH3 is 1. The lowest BCUT2D eigenvalue weighted by atomic mass is 10.1. The van der Waals surface area contributed by atoms with Crippen LogP contribution in [0.5, 0.6) is 5.75 Å². The maximum Gasteiger partial charge on any atom is 0.339 e. The average Bonchev–Trinajstić information content (AvgIpc) is 2.30. The Hall–Kier alpha value is -1.42. The van der Waals surface area contributed by atoms with Crippen molar-refractivity contribution in [3.63, 3.8) is 0 Å². The van der Waals surface area contributed by atoms with E-state index in [4.69, 9.17) is 21.4 Å². The van der Waals surface area contributed by atoms with Gasteiger partial charge in [0, 0.05) is 12.6 Å². The fourth-order valence-electron chi connectivity index (χ4n) is 1.42. The van der Waals surface area contributed by atoms with Gasteiger partial charge in [-0.15, -0.1) is 0 Å². The third-order valence-corrected chi connectivity index (χ3v) is 2.68. The number of unbranched alkanes of at least 4 members (excludes halogenated alkanes) is 1. The molecule has 0 saturated heterocycles. The second kappa shape index (κ2) is 6.35. The molecule has 0 amide bonds. The summed E-state index contributed by atoms with van der Waals surface area (Å²) in [4.78, 5) is 10.9. The Bertz CT molecular complexity index is 407. The second-order valence-corrected chi connectivity index (χ2v) is 4.03. The minimum atomic E-state index is -1.05. The predicted molar refractivity (Wildman–Crippen MR) is 68.4 cm³/mol. The van der Waals surface area contributed by atoms with Crippen molar-refractivity contribution in [1.82, 2.24) is 0 Å². The van der Waals surface area contributed by atoms with E-state index in [0.717, 1.165) is 19.4 Å². The van der Waals surface area contributed by atoms with E-state index in [9.17, 15) is 4.79 Å². The van der Waals surface area contributed by atoms with Crippen molar-refractivity contribution in [1.29, 1.82) is 0 Å². The molecule has 0 heterocycles. The molecule has 0 spiro atoms. The topological polar surface area (TPSA) is 58.6 Å². The Balaban J connectivity index is 2.96. The summed E-state index contributed by atoms with van der Waals surface area (Å²) < 4.78 is 5.03. The summed E-state index contributed by atoms with van der Waals surface area (Å²) in [6.07, 6.45) is 2.11. The van der Waals surface area contributed by atoms with Gasteiger partial charge in [-0.1, -0.05) is 24.9 Å². The van der Waals surface area contributed by atoms with Gasteiger partial charge in [0.05, 0.1) is 17.8 Å². The number of nitrogens with one attached hydrogen (secondary N) is 1. The fourth-order valence-corrected chi connectivity index (χ4v) is 1.66. The first kappa shape index (κ1) is 13.6. The maximum absolute atomic E-state index is 10.9. The van der Waals surface area contributed by atoms with E-state index >= 15 is 0 Å². The number of rotatable bonds is 6. The summed E-state index contributed by atoms with van der Waals surface area (Å²) in [6.45, 7) is 2.89. The molecular weight excluding hydrogens is 242 g/mol. The highest BCUT2D eigenvalue weighted by Crippen LogP contribution is 2.30. The minimum Gasteiger partial charge on any atom is -0.496 e. The summed E-state index contributed by atoms with van der Waals surface area (Å²) in [5, 5.41) is 12.5. The first-order valence-electron chi connectivity index (χ1n) is 5.44. The van der Waals surface area contributed by atoms with Crippen LogP contribution in [0, 0.1) is 0 Å². The Morgan fingerprint density at radius 1 is 1.53 bits per heavy atom. The number of ether oxygens (including phenoxy) is 1. The molecule has 1 aromatic carbocycles. The third kappa shape index (κ3) is 3.53. The molecule has 1 aromatic rings. The molecule has 0 unspecified atom stereocenters. The molecule has 17 heavy (non-hydrogen) atoms. The van der Waals surface area contributed by atoms with Crippen LogP contribution < -0.4 is 10.1 Å². The lowest BCUT2D eigenvalue weighted by Crippen LogP contribution is -2.05. The largest absolute Gasteiger partial charge is 0.496 e. The molecular formula is C12H16ClNO3. The fraction of sp³-hybridized carbons (Fsp3) is 0.417. The highest BCUT2D eigenvalue weighted by molar-refractivity contribution is 6.33. The SMILES string of the molecule is CCCCNc1cc(OC)c(C(=O)O)cc1Cl. The molecule has 0 aromatic heterocycles. The number of carbonyl (C=O) groups is 1. The quantitative estimate of drug-likeness (QED) is 0.768. The van der Waals surface area contributed by atoms with Gasteiger partial charge >= 0.3 is 5.97 Å². The zero-order valence-corrected chi connectivity index (χ0v) is 10.7. The van der Waals surface area contributed by atoms with Crippen molar-refractivity contribution in [3.05, 3.63) is 22.7 Å². The van der Waals surface area contributed by atoms with Crippen LogP contribution in [0.3, 0.4) is 0 Å². The van der Waals surface area contributed by atoms with Crippen LogP contribution in [0.2, 0.25) is 5.02 Å². The number of aromatic carboxylic acids is 1. The lowest BCUT2D eigenvalue weighted by Gasteiger charge is -2.12. The number of benzene rings is 1. The minimum absolute atomic E-state index is 0.0681. The molecule has 0 aliphatic rings. The normalized spacial score (nSPS) is 10.1. The van der Waals surface area contributed by atoms with Crippen LogP contribution in [0.15, 0.2) is 12.1 Å². The van der Waals surface area contributed by atoms with Gasteiger partial charge in [0.15, 0.2) is 0 Å². The van der Waals surface area contributed by atoms with E-state index in [1.165, 1.54) is 13.2 Å². The summed E-state index contributed by atoms with van der Waals surface area (Å²) in [5.74, 6) is -0.746. The van der Waals surface area contributed by atoms with Crippen molar-refractivity contribution in [2.45, 2.75) is 19.8 Å². The van der Waals surface area contributed by atoms with Gasteiger partial charge in [-0.3, -0.25) is 0 Å². The summed E-state index contributed by atoms with van der Waals surface area (Å²) >= 11 is 6.00. The van der Waals surface area contributed by atoms with E-state index in [0.29, 0.717) is 16.5 Å². The molecule has 0 bridgehead atoms. The first-order chi connectivity index (χ1) is 8.10. The van der Waals surface area contributed by atoms with Crippen molar-refractivity contribution < 1.29 is 14.6 Å². The van der Waals surface area contributed by atoms with E-state index in [1.807, 2.05) is 0 Å². The highest BCUT2D eigenvalue weighted by atomic mass is 35.5. The number of carboxylic acid groups (broad SMARTS) is 1. The van der Waals surface area contributed by atoms with Crippen molar-refractivity contribution >= 4 is 23.3 Å². The second-order valence-electron chi connectivity index (χ2n) is 3.62. The zero-order chi connectivity index (χ0) is 12.8. The number of halogens is 1. The highest BCUT2D eigenvalue weighted by Gasteiger charge is 2.14. The summed E-state index contributed by atoms with van der Waals surface area (Å²) in [7, 11) is 1.44. The van der Waals surface area contributed by atoms with Crippen LogP contribution in [0.1, 0.15) is 30.1 Å². The molecule has 0 aliphatic heterocycles. The van der Waals surface area contributed by atoms with E-state index < -0.39 is 5.97 Å². The average molecular weight is 258 g/mol. The smallest absolute Gasteiger partial charge is 0.339 e. The lowest BCUT2D eigenvalue weighted by molar-refractivity contribution is 0.0693. The molecule has 4 nitrogen and oxygen atoms in total. The Kier molecular flexibility index (Phi) is 5.10. The number of hydrogen-bond acceptors (Lipinski definition) is 3. The van der Waals surface area contributed by atoms with Crippen LogP contribution in [-0.4, -0.2) is 24.7 Å². The molecule has 0 saturated carbocycles. The van der Waals surface area contributed by atoms with Crippen LogP contribution in [0.25, 0.3) is 0 Å². The van der Waals surface area contributed by atoms with Crippen molar-refractivity contribution in [2.24, 2.45) is 0 Å². The molecule has 94 valence electrons. The van der Waals surface area contributed by atoms with Gasteiger partial charge in [-0.2, -0.15) is 0 Å². The van der Waals surface area contributed by atoms with Gasteiger partial charge in [-0.05, 0) is 12.5 Å². The molecule has 5 heteroatoms.